The summed E-state index contributed by atoms with van der Waals surface area (Å²) in [5, 5.41) is 32.6. The molecule has 5 aliphatic rings. The number of aliphatic hydroxyl groups is 3. The minimum absolute atomic E-state index is 0. The first-order chi connectivity index (χ1) is 21.6. The van der Waals surface area contributed by atoms with Crippen molar-refractivity contribution in [3.63, 3.8) is 0 Å². The van der Waals surface area contributed by atoms with Crippen LogP contribution in [0.5, 0.6) is 0 Å². The standard InChI is InChI=1S/C37H63O9.Na.H2O/c1-10-35(33-22(4)17-29(42-33)31-21(3)16-24(6)37(41,11-2)45-31)13-12-30(43-35)34(9)14-15-36(46-34)18-28(40)26(8)32(44-36)25(7)27(20-39)23(5)19-38;;/h21-33,39-41H,10-18,20H2,1-9H3;;1H2/q-1;+1;/p-1/t21?,22-,23+,24+,25-,26+,27-,28-,29+,30+,31-,32+,33+,34-,35-,36+,37?;;/m0../s1. The SMILES string of the molecule is CCC1(O)O[C@H]([C@H]2C[C@H](C)[C@H]([C@]3(CC)CC[C@H]([C@]4(C)CC[C@]5(C[C@H](O)[C@@H](C)[C@@H]([C@@H](C)[C@@H](CO)[C@H](C)[C-]=O)O5)O4)O3)O2)C(C)C[C@H]1C.[Na+].[OH-]. The molecule has 17 atom stereocenters. The van der Waals surface area contributed by atoms with Crippen molar-refractivity contribution in [1.29, 1.82) is 0 Å². The van der Waals surface area contributed by atoms with Crippen molar-refractivity contribution in [3.8, 4) is 0 Å². The van der Waals surface area contributed by atoms with E-state index in [1.165, 1.54) is 0 Å². The van der Waals surface area contributed by atoms with Crippen molar-refractivity contribution >= 4 is 6.29 Å². The Bertz CT molecular complexity index is 1070. The van der Waals surface area contributed by atoms with Crippen LogP contribution >= 0.6 is 0 Å². The second-order valence-corrected chi connectivity index (χ2v) is 16.4. The second-order valence-electron chi connectivity index (χ2n) is 16.4. The summed E-state index contributed by atoms with van der Waals surface area (Å²) in [6.07, 6.45) is 7.22. The molecule has 11 heteroatoms. The first kappa shape index (κ1) is 42.7. The van der Waals surface area contributed by atoms with E-state index in [2.05, 4.69) is 34.6 Å². The summed E-state index contributed by atoms with van der Waals surface area (Å²) in [7, 11) is 0. The van der Waals surface area contributed by atoms with Crippen LogP contribution in [-0.2, 0) is 28.5 Å². The normalized spacial score (nSPS) is 49.6. The summed E-state index contributed by atoms with van der Waals surface area (Å²) >= 11 is 0. The molecule has 0 amide bonds. The molecule has 5 aliphatic heterocycles. The first-order valence-electron chi connectivity index (χ1n) is 18.4. The van der Waals surface area contributed by atoms with Crippen molar-refractivity contribution in [2.75, 3.05) is 6.61 Å². The molecule has 10 nitrogen and oxygen atoms in total. The van der Waals surface area contributed by atoms with E-state index in [0.717, 1.165) is 38.5 Å². The van der Waals surface area contributed by atoms with Gasteiger partial charge < -0.3 is 49.3 Å². The van der Waals surface area contributed by atoms with Gasteiger partial charge in [0.25, 0.3) is 0 Å². The topological polar surface area (TPSA) is 154 Å². The average molecular weight is 692 g/mol. The van der Waals surface area contributed by atoms with E-state index >= 15 is 0 Å². The second kappa shape index (κ2) is 16.1. The smallest absolute Gasteiger partial charge is 0.870 e. The van der Waals surface area contributed by atoms with Crippen molar-refractivity contribution in [3.05, 3.63) is 0 Å². The van der Waals surface area contributed by atoms with Gasteiger partial charge in [0.1, 0.15) is 0 Å². The summed E-state index contributed by atoms with van der Waals surface area (Å²) < 4.78 is 34.2. The van der Waals surface area contributed by atoms with Crippen molar-refractivity contribution in [2.45, 2.75) is 180 Å². The van der Waals surface area contributed by atoms with Crippen LogP contribution in [0.3, 0.4) is 0 Å². The largest absolute Gasteiger partial charge is 1.00 e. The quantitative estimate of drug-likeness (QED) is 0.229. The molecule has 5 heterocycles. The molecule has 48 heavy (non-hydrogen) atoms. The molecule has 1 spiro atoms. The van der Waals surface area contributed by atoms with Gasteiger partial charge in [-0.15, -0.1) is 5.92 Å². The number of hydrogen-bond acceptors (Lipinski definition) is 10. The van der Waals surface area contributed by atoms with Crippen LogP contribution < -0.4 is 29.6 Å². The molecule has 274 valence electrons. The van der Waals surface area contributed by atoms with Crippen molar-refractivity contribution in [1.82, 2.24) is 0 Å². The Hall–Kier alpha value is 0.310. The summed E-state index contributed by atoms with van der Waals surface area (Å²) in [4.78, 5) is 11.5. The molecule has 0 aliphatic carbocycles. The van der Waals surface area contributed by atoms with Crippen LogP contribution in [0.15, 0.2) is 0 Å². The maximum Gasteiger partial charge on any atom is 1.00 e. The predicted octanol–water partition coefficient (Wildman–Crippen LogP) is 2.14. The van der Waals surface area contributed by atoms with E-state index in [1.807, 2.05) is 27.1 Å². The number of aliphatic hydroxyl groups excluding tert-OH is 2. The van der Waals surface area contributed by atoms with E-state index in [1.54, 1.807) is 6.92 Å². The molecule has 0 bridgehead atoms. The van der Waals surface area contributed by atoms with E-state index in [0.29, 0.717) is 25.2 Å². The summed E-state index contributed by atoms with van der Waals surface area (Å²) in [6.45, 7) is 18.4. The van der Waals surface area contributed by atoms with Gasteiger partial charge in [-0.1, -0.05) is 55.4 Å². The van der Waals surface area contributed by atoms with E-state index in [4.69, 9.17) is 23.7 Å². The summed E-state index contributed by atoms with van der Waals surface area (Å²) in [6, 6.07) is 0. The fourth-order valence-electron chi connectivity index (χ4n) is 10.1. The third-order valence-electron chi connectivity index (χ3n) is 13.4. The fraction of sp³-hybridized carbons (Fsp3) is 0.973. The summed E-state index contributed by atoms with van der Waals surface area (Å²) in [5.74, 6) is -2.50. The molecule has 0 aromatic carbocycles. The van der Waals surface area contributed by atoms with E-state index in [-0.39, 0.29) is 102 Å². The van der Waals surface area contributed by atoms with Gasteiger partial charge in [0.2, 0.25) is 0 Å². The van der Waals surface area contributed by atoms with Crippen molar-refractivity contribution < 1.29 is 78.8 Å². The molecule has 0 aromatic heterocycles. The molecular formula is C37H64NaO10-. The molecule has 5 saturated heterocycles. The molecule has 5 fully saturated rings. The van der Waals surface area contributed by atoms with Gasteiger partial charge >= 0.3 is 29.6 Å². The van der Waals surface area contributed by atoms with Crippen LogP contribution in [0.25, 0.3) is 0 Å². The number of rotatable bonds is 10. The van der Waals surface area contributed by atoms with E-state index in [9.17, 15) is 20.1 Å². The van der Waals surface area contributed by atoms with Gasteiger partial charge in [0.15, 0.2) is 11.6 Å². The maximum absolute atomic E-state index is 11.5. The van der Waals surface area contributed by atoms with E-state index < -0.39 is 34.8 Å². The average Bonchev–Trinajstić information content (AvgIpc) is 3.73. The van der Waals surface area contributed by atoms with Gasteiger partial charge in [-0.2, -0.15) is 0 Å². The van der Waals surface area contributed by atoms with Crippen LogP contribution in [0, 0.1) is 41.4 Å². The Morgan fingerprint density at radius 2 is 1.65 bits per heavy atom. The maximum atomic E-state index is 11.5. The zero-order chi connectivity index (χ0) is 33.8. The molecule has 0 radical (unpaired) electrons. The third kappa shape index (κ3) is 7.67. The van der Waals surface area contributed by atoms with Gasteiger partial charge in [-0.3, -0.25) is 6.29 Å². The number of carbonyl (C=O) groups excluding carboxylic acids is 1. The Balaban J connectivity index is 0.00000312. The summed E-state index contributed by atoms with van der Waals surface area (Å²) in [5.41, 5.74) is -1.04. The number of ether oxygens (including phenoxy) is 5. The molecule has 4 N–H and O–H groups in total. The van der Waals surface area contributed by atoms with Crippen molar-refractivity contribution in [2.24, 2.45) is 41.4 Å². The molecule has 0 aromatic rings. The molecule has 5 rings (SSSR count). The predicted molar refractivity (Wildman–Crippen MR) is 175 cm³/mol. The number of hydrogen-bond donors (Lipinski definition) is 3. The van der Waals surface area contributed by atoms with Gasteiger partial charge in [-0.05, 0) is 75.5 Å². The Kier molecular flexibility index (Phi) is 14.4. The minimum Gasteiger partial charge on any atom is -0.870 e. The van der Waals surface area contributed by atoms with Gasteiger partial charge in [-0.25, -0.2) is 0 Å². The monoisotopic (exact) mass is 691 g/mol. The Morgan fingerprint density at radius 1 is 0.958 bits per heavy atom. The van der Waals surface area contributed by atoms with Gasteiger partial charge in [0, 0.05) is 31.3 Å². The zero-order valence-corrected chi connectivity index (χ0v) is 33.3. The van der Waals surface area contributed by atoms with Crippen LogP contribution in [0.1, 0.15) is 120 Å². The third-order valence-corrected chi connectivity index (χ3v) is 13.4. The fourth-order valence-corrected chi connectivity index (χ4v) is 10.1. The molecule has 2 unspecified atom stereocenters. The van der Waals surface area contributed by atoms with Gasteiger partial charge in [0.05, 0.1) is 47.8 Å². The van der Waals surface area contributed by atoms with Crippen LogP contribution in [0.4, 0.5) is 0 Å². The van der Waals surface area contributed by atoms with Crippen LogP contribution in [-0.4, -0.2) is 93.1 Å². The molecular weight excluding hydrogens is 627 g/mol. The molecule has 0 saturated carbocycles. The zero-order valence-electron chi connectivity index (χ0n) is 31.3. The first-order valence-corrected chi connectivity index (χ1v) is 18.4. The van der Waals surface area contributed by atoms with Crippen LogP contribution in [0.2, 0.25) is 0 Å². The Labute approximate surface area is 311 Å². The minimum atomic E-state index is -1.11. The Morgan fingerprint density at radius 3 is 2.25 bits per heavy atom.